The van der Waals surface area contributed by atoms with Gasteiger partial charge in [-0.25, -0.2) is 4.90 Å². The van der Waals surface area contributed by atoms with Crippen LogP contribution in [0.4, 0.5) is 11.4 Å². The molecule has 0 aromatic heterocycles. The Labute approximate surface area is 181 Å². The molecule has 4 atom stereocenters. The number of amides is 3. The van der Waals surface area contributed by atoms with Crippen LogP contribution in [0.1, 0.15) is 19.4 Å². The molecule has 2 aliphatic carbocycles. The average Bonchev–Trinajstić information content (AvgIpc) is 3.42. The molecule has 3 amide bonds. The molecule has 5 nitrogen and oxygen atoms in total. The molecule has 2 bridgehead atoms. The number of para-hydroxylation sites is 1. The number of hydrogen-bond acceptors (Lipinski definition) is 3. The predicted octanol–water partition coefficient (Wildman–Crippen LogP) is 4.06. The third-order valence-electron chi connectivity index (χ3n) is 7.02. The highest BCUT2D eigenvalue weighted by Gasteiger charge is 2.62. The van der Waals surface area contributed by atoms with Crippen molar-refractivity contribution in [2.45, 2.75) is 13.8 Å². The van der Waals surface area contributed by atoms with E-state index in [2.05, 4.69) is 19.1 Å². The fourth-order valence-electron chi connectivity index (χ4n) is 5.38. The number of allylic oxidation sites excluding steroid dienone is 4. The van der Waals surface area contributed by atoms with Crippen molar-refractivity contribution >= 4 is 34.7 Å². The first-order valence-corrected chi connectivity index (χ1v) is 10.6. The third-order valence-corrected chi connectivity index (χ3v) is 7.02. The van der Waals surface area contributed by atoms with Gasteiger partial charge in [0.25, 0.3) is 0 Å². The van der Waals surface area contributed by atoms with Crippen LogP contribution in [0.2, 0.25) is 0 Å². The molecule has 5 rings (SSSR count). The van der Waals surface area contributed by atoms with E-state index in [9.17, 15) is 14.4 Å². The number of anilines is 2. The molecule has 0 unspecified atom stereocenters. The van der Waals surface area contributed by atoms with Crippen LogP contribution in [0.5, 0.6) is 0 Å². The van der Waals surface area contributed by atoms with Crippen molar-refractivity contribution in [2.24, 2.45) is 23.7 Å². The SMILES string of the molecule is CC(=O)N(C)c1ccc(C(C)=C2[C@H]3C=C[C@@H]2[C@H]2C(=O)N(c4ccccc4)C(=O)[C@H]23)cc1. The van der Waals surface area contributed by atoms with Crippen molar-refractivity contribution in [2.75, 3.05) is 16.8 Å². The Morgan fingerprint density at radius 1 is 0.839 bits per heavy atom. The van der Waals surface area contributed by atoms with Crippen molar-refractivity contribution in [3.05, 3.63) is 77.9 Å². The number of benzene rings is 2. The van der Waals surface area contributed by atoms with Crippen LogP contribution < -0.4 is 9.80 Å². The van der Waals surface area contributed by atoms with E-state index in [-0.39, 0.29) is 41.4 Å². The van der Waals surface area contributed by atoms with Gasteiger partial charge in [-0.2, -0.15) is 0 Å². The summed E-state index contributed by atoms with van der Waals surface area (Å²) in [5.74, 6) is -0.941. The van der Waals surface area contributed by atoms with E-state index in [1.807, 2.05) is 54.6 Å². The highest BCUT2D eigenvalue weighted by Crippen LogP contribution is 2.58. The second kappa shape index (κ2) is 7.05. The summed E-state index contributed by atoms with van der Waals surface area (Å²) in [5, 5.41) is 0. The molecule has 2 aromatic carbocycles. The van der Waals surface area contributed by atoms with E-state index < -0.39 is 0 Å². The van der Waals surface area contributed by atoms with Crippen molar-refractivity contribution < 1.29 is 14.4 Å². The van der Waals surface area contributed by atoms with Crippen LogP contribution >= 0.6 is 0 Å². The minimum atomic E-state index is -0.323. The smallest absolute Gasteiger partial charge is 0.238 e. The van der Waals surface area contributed by atoms with E-state index in [4.69, 9.17) is 0 Å². The van der Waals surface area contributed by atoms with Gasteiger partial charge in [0.1, 0.15) is 0 Å². The second-order valence-electron chi connectivity index (χ2n) is 8.54. The lowest BCUT2D eigenvalue weighted by Crippen LogP contribution is -2.33. The van der Waals surface area contributed by atoms with Crippen molar-refractivity contribution in [3.63, 3.8) is 0 Å². The van der Waals surface area contributed by atoms with Crippen LogP contribution in [-0.2, 0) is 14.4 Å². The Kier molecular flexibility index (Phi) is 4.43. The molecule has 0 N–H and O–H groups in total. The maximum atomic E-state index is 13.3. The van der Waals surface area contributed by atoms with Gasteiger partial charge in [0.2, 0.25) is 17.7 Å². The van der Waals surface area contributed by atoms with E-state index in [0.29, 0.717) is 5.69 Å². The molecule has 1 saturated carbocycles. The number of fused-ring (bicyclic) bond motifs is 5. The molecule has 156 valence electrons. The first kappa shape index (κ1) is 19.5. The molecular weight excluding hydrogens is 388 g/mol. The summed E-state index contributed by atoms with van der Waals surface area (Å²) in [6, 6.07) is 17.1. The van der Waals surface area contributed by atoms with Gasteiger partial charge in [-0.1, -0.05) is 48.1 Å². The van der Waals surface area contributed by atoms with Crippen LogP contribution in [0.3, 0.4) is 0 Å². The average molecular weight is 412 g/mol. The third kappa shape index (κ3) is 2.80. The first-order chi connectivity index (χ1) is 14.9. The number of imide groups is 1. The van der Waals surface area contributed by atoms with E-state index in [1.54, 1.807) is 11.9 Å². The summed E-state index contributed by atoms with van der Waals surface area (Å²) in [6.45, 7) is 3.60. The van der Waals surface area contributed by atoms with Crippen LogP contribution in [0.25, 0.3) is 5.57 Å². The van der Waals surface area contributed by atoms with Crippen LogP contribution in [0.15, 0.2) is 72.3 Å². The Morgan fingerprint density at radius 3 is 1.90 bits per heavy atom. The van der Waals surface area contributed by atoms with Gasteiger partial charge in [0, 0.05) is 31.5 Å². The molecule has 1 aliphatic heterocycles. The standard InChI is InChI=1S/C26H24N2O3/c1-15(17-9-11-18(12-10-17)27(3)16(2)29)22-20-13-14-21(22)24-23(20)25(30)28(26(24)31)19-7-5-4-6-8-19/h4-14,20-21,23-24H,1-3H3/t20-,21+,23+,24-. The molecule has 3 aliphatic rings. The van der Waals surface area contributed by atoms with Gasteiger partial charge in [0.05, 0.1) is 17.5 Å². The molecule has 31 heavy (non-hydrogen) atoms. The Bertz CT molecular complexity index is 1110. The second-order valence-corrected chi connectivity index (χ2v) is 8.54. The van der Waals surface area contributed by atoms with Crippen LogP contribution in [0, 0.1) is 23.7 Å². The number of nitrogens with zero attached hydrogens (tertiary/aromatic N) is 2. The fraction of sp³-hybridized carbons (Fsp3) is 0.269. The number of rotatable bonds is 3. The van der Waals surface area contributed by atoms with E-state index in [1.165, 1.54) is 17.4 Å². The molecule has 5 heteroatoms. The van der Waals surface area contributed by atoms with Crippen molar-refractivity contribution in [3.8, 4) is 0 Å². The zero-order chi connectivity index (χ0) is 21.9. The zero-order valence-corrected chi connectivity index (χ0v) is 17.8. The molecular formula is C26H24N2O3. The van der Waals surface area contributed by atoms with Gasteiger partial charge < -0.3 is 4.90 Å². The Morgan fingerprint density at radius 2 is 1.39 bits per heavy atom. The summed E-state index contributed by atoms with van der Waals surface area (Å²) in [6.07, 6.45) is 4.20. The van der Waals surface area contributed by atoms with Gasteiger partial charge in [-0.3, -0.25) is 14.4 Å². The molecule has 2 fully saturated rings. The van der Waals surface area contributed by atoms with Crippen LogP contribution in [-0.4, -0.2) is 24.8 Å². The summed E-state index contributed by atoms with van der Waals surface area (Å²) in [5.41, 5.74) is 4.82. The largest absolute Gasteiger partial charge is 0.316 e. The number of carbonyl (C=O) groups excluding carboxylic acids is 3. The van der Waals surface area contributed by atoms with Crippen molar-refractivity contribution in [1.29, 1.82) is 0 Å². The molecule has 0 radical (unpaired) electrons. The predicted molar refractivity (Wildman–Crippen MR) is 120 cm³/mol. The highest BCUT2D eigenvalue weighted by molar-refractivity contribution is 6.23. The highest BCUT2D eigenvalue weighted by atomic mass is 16.2. The lowest BCUT2D eigenvalue weighted by Gasteiger charge is -2.20. The molecule has 2 aromatic rings. The van der Waals surface area contributed by atoms with E-state index in [0.717, 1.165) is 16.8 Å². The van der Waals surface area contributed by atoms with Crippen molar-refractivity contribution in [1.82, 2.24) is 0 Å². The summed E-state index contributed by atoms with van der Waals surface area (Å²) in [4.78, 5) is 41.2. The minimum Gasteiger partial charge on any atom is -0.316 e. The number of hydrogen-bond donors (Lipinski definition) is 0. The topological polar surface area (TPSA) is 57.7 Å². The van der Waals surface area contributed by atoms with Gasteiger partial charge in [-0.15, -0.1) is 0 Å². The maximum Gasteiger partial charge on any atom is 0.238 e. The molecule has 1 heterocycles. The lowest BCUT2D eigenvalue weighted by molar-refractivity contribution is -0.123. The minimum absolute atomic E-state index is 0.0197. The number of carbonyl (C=O) groups is 3. The lowest BCUT2D eigenvalue weighted by atomic mass is 9.85. The van der Waals surface area contributed by atoms with Gasteiger partial charge in [0.15, 0.2) is 0 Å². The van der Waals surface area contributed by atoms with Gasteiger partial charge in [-0.05, 0) is 42.3 Å². The first-order valence-electron chi connectivity index (χ1n) is 10.6. The molecule has 1 saturated heterocycles. The fourth-order valence-corrected chi connectivity index (χ4v) is 5.38. The van der Waals surface area contributed by atoms with E-state index >= 15 is 0 Å². The Balaban J connectivity index is 1.48. The zero-order valence-electron chi connectivity index (χ0n) is 17.8. The molecule has 0 spiro atoms. The summed E-state index contributed by atoms with van der Waals surface area (Å²) >= 11 is 0. The summed E-state index contributed by atoms with van der Waals surface area (Å²) in [7, 11) is 1.75. The maximum absolute atomic E-state index is 13.3. The normalized spacial score (nSPS) is 27.6. The quantitative estimate of drug-likeness (QED) is 0.564. The Hall–Kier alpha value is -3.47. The summed E-state index contributed by atoms with van der Waals surface area (Å²) < 4.78 is 0. The van der Waals surface area contributed by atoms with Gasteiger partial charge >= 0.3 is 0 Å². The monoisotopic (exact) mass is 412 g/mol.